The number of fused-ring (bicyclic) bond motifs is 1. The van der Waals surface area contributed by atoms with Crippen LogP contribution in [0.1, 0.15) is 31.7 Å². The van der Waals surface area contributed by atoms with Crippen molar-refractivity contribution in [1.29, 1.82) is 0 Å². The number of likely N-dealkylation sites (N-methyl/N-ethyl adjacent to an activating group) is 1. The van der Waals surface area contributed by atoms with Gasteiger partial charge in [0.15, 0.2) is 0 Å². The molecule has 1 nitrogen and oxygen atoms in total. The standard InChI is InChI=1S/C16H22ClN/c1-2-18-15(16-13-7-4-8-14(13)16)10-11-5-3-6-12(17)9-11/h3,5-6,9,13-16,18H,2,4,7-8,10H2,1H3. The highest BCUT2D eigenvalue weighted by molar-refractivity contribution is 6.30. The summed E-state index contributed by atoms with van der Waals surface area (Å²) in [4.78, 5) is 0. The van der Waals surface area contributed by atoms with E-state index in [1.165, 1.54) is 24.8 Å². The van der Waals surface area contributed by atoms with Crippen LogP contribution in [0.5, 0.6) is 0 Å². The van der Waals surface area contributed by atoms with Gasteiger partial charge in [-0.25, -0.2) is 0 Å². The SMILES string of the molecule is CCNC(Cc1cccc(Cl)c1)C1C2CCCC21. The highest BCUT2D eigenvalue weighted by Crippen LogP contribution is 2.59. The largest absolute Gasteiger partial charge is 0.314 e. The quantitative estimate of drug-likeness (QED) is 0.849. The van der Waals surface area contributed by atoms with Gasteiger partial charge in [0.2, 0.25) is 0 Å². The molecule has 3 atom stereocenters. The molecular weight excluding hydrogens is 242 g/mol. The van der Waals surface area contributed by atoms with Gasteiger partial charge in [0, 0.05) is 11.1 Å². The molecule has 3 rings (SSSR count). The summed E-state index contributed by atoms with van der Waals surface area (Å²) in [5.41, 5.74) is 1.37. The van der Waals surface area contributed by atoms with Crippen molar-refractivity contribution in [1.82, 2.24) is 5.32 Å². The van der Waals surface area contributed by atoms with Gasteiger partial charge in [-0.2, -0.15) is 0 Å². The molecule has 1 aromatic rings. The Morgan fingerprint density at radius 2 is 2.11 bits per heavy atom. The zero-order valence-corrected chi connectivity index (χ0v) is 11.8. The Bertz CT molecular complexity index is 407. The average Bonchev–Trinajstić information content (AvgIpc) is 2.81. The van der Waals surface area contributed by atoms with Gasteiger partial charge in [-0.1, -0.05) is 37.1 Å². The van der Waals surface area contributed by atoms with Crippen molar-refractivity contribution < 1.29 is 0 Å². The fourth-order valence-electron chi connectivity index (χ4n) is 4.00. The van der Waals surface area contributed by atoms with Gasteiger partial charge in [-0.15, -0.1) is 0 Å². The molecule has 98 valence electrons. The van der Waals surface area contributed by atoms with Gasteiger partial charge in [0.25, 0.3) is 0 Å². The van der Waals surface area contributed by atoms with E-state index in [2.05, 4.69) is 30.4 Å². The van der Waals surface area contributed by atoms with Crippen LogP contribution in [-0.2, 0) is 6.42 Å². The molecular formula is C16H22ClN. The van der Waals surface area contributed by atoms with E-state index in [0.29, 0.717) is 6.04 Å². The van der Waals surface area contributed by atoms with Crippen LogP contribution in [0.2, 0.25) is 5.02 Å². The number of nitrogens with one attached hydrogen (secondary N) is 1. The maximum Gasteiger partial charge on any atom is 0.0408 e. The summed E-state index contributed by atoms with van der Waals surface area (Å²) in [6, 6.07) is 9.00. The number of benzene rings is 1. The zero-order valence-electron chi connectivity index (χ0n) is 11.0. The molecule has 0 saturated heterocycles. The Morgan fingerprint density at radius 3 is 2.78 bits per heavy atom. The highest BCUT2D eigenvalue weighted by Gasteiger charge is 2.55. The fraction of sp³-hybridized carbons (Fsp3) is 0.625. The molecule has 18 heavy (non-hydrogen) atoms. The summed E-state index contributed by atoms with van der Waals surface area (Å²) in [6.07, 6.45) is 5.52. The van der Waals surface area contributed by atoms with Gasteiger partial charge in [-0.3, -0.25) is 0 Å². The third-order valence-electron chi connectivity index (χ3n) is 4.75. The number of halogens is 1. The second-order valence-electron chi connectivity index (χ2n) is 5.83. The van der Waals surface area contributed by atoms with Crippen LogP contribution in [0, 0.1) is 17.8 Å². The van der Waals surface area contributed by atoms with E-state index in [0.717, 1.165) is 35.7 Å². The summed E-state index contributed by atoms with van der Waals surface area (Å²) in [7, 11) is 0. The first-order valence-corrected chi connectivity index (χ1v) is 7.65. The van der Waals surface area contributed by atoms with E-state index in [-0.39, 0.29) is 0 Å². The summed E-state index contributed by atoms with van der Waals surface area (Å²) in [5, 5.41) is 4.56. The van der Waals surface area contributed by atoms with Crippen molar-refractivity contribution in [2.75, 3.05) is 6.54 Å². The monoisotopic (exact) mass is 263 g/mol. The summed E-state index contributed by atoms with van der Waals surface area (Å²) < 4.78 is 0. The van der Waals surface area contributed by atoms with Crippen LogP contribution in [0.25, 0.3) is 0 Å². The van der Waals surface area contributed by atoms with Crippen molar-refractivity contribution in [3.63, 3.8) is 0 Å². The van der Waals surface area contributed by atoms with E-state index in [1.807, 2.05) is 6.07 Å². The predicted molar refractivity (Wildman–Crippen MR) is 76.9 cm³/mol. The van der Waals surface area contributed by atoms with E-state index < -0.39 is 0 Å². The lowest BCUT2D eigenvalue weighted by molar-refractivity contribution is 0.411. The number of hydrogen-bond donors (Lipinski definition) is 1. The molecule has 2 heteroatoms. The topological polar surface area (TPSA) is 12.0 Å². The third-order valence-corrected chi connectivity index (χ3v) is 4.98. The Labute approximate surface area is 115 Å². The first kappa shape index (κ1) is 12.5. The zero-order chi connectivity index (χ0) is 12.5. The van der Waals surface area contributed by atoms with Gasteiger partial charge < -0.3 is 5.32 Å². The van der Waals surface area contributed by atoms with E-state index in [9.17, 15) is 0 Å². The molecule has 0 aromatic heterocycles. The van der Waals surface area contributed by atoms with Crippen LogP contribution < -0.4 is 5.32 Å². The molecule has 0 radical (unpaired) electrons. The number of hydrogen-bond acceptors (Lipinski definition) is 1. The van der Waals surface area contributed by atoms with Crippen LogP contribution in [0.15, 0.2) is 24.3 Å². The summed E-state index contributed by atoms with van der Waals surface area (Å²) in [6.45, 7) is 3.28. The molecule has 1 N–H and O–H groups in total. The predicted octanol–water partition coefficient (Wildman–Crippen LogP) is 3.91. The molecule has 2 fully saturated rings. The minimum absolute atomic E-state index is 0.656. The van der Waals surface area contributed by atoms with Crippen LogP contribution >= 0.6 is 11.6 Å². The van der Waals surface area contributed by atoms with Crippen molar-refractivity contribution in [3.05, 3.63) is 34.9 Å². The van der Waals surface area contributed by atoms with Gasteiger partial charge in [-0.05, 0) is 61.3 Å². The van der Waals surface area contributed by atoms with Gasteiger partial charge in [0.05, 0.1) is 0 Å². The van der Waals surface area contributed by atoms with E-state index in [4.69, 9.17) is 11.6 Å². The maximum absolute atomic E-state index is 6.08. The van der Waals surface area contributed by atoms with E-state index >= 15 is 0 Å². The first-order valence-electron chi connectivity index (χ1n) is 7.27. The second-order valence-corrected chi connectivity index (χ2v) is 6.27. The highest BCUT2D eigenvalue weighted by atomic mass is 35.5. The normalized spacial score (nSPS) is 31.1. The maximum atomic E-state index is 6.08. The third kappa shape index (κ3) is 2.44. The molecule has 3 unspecified atom stereocenters. The Hall–Kier alpha value is -0.530. The van der Waals surface area contributed by atoms with Gasteiger partial charge >= 0.3 is 0 Å². The minimum atomic E-state index is 0.656. The van der Waals surface area contributed by atoms with Crippen molar-refractivity contribution >= 4 is 11.6 Å². The number of rotatable bonds is 5. The molecule has 2 saturated carbocycles. The van der Waals surface area contributed by atoms with Crippen molar-refractivity contribution in [2.45, 2.75) is 38.6 Å². The molecule has 0 bridgehead atoms. The molecule has 0 heterocycles. The van der Waals surface area contributed by atoms with Crippen LogP contribution in [0.3, 0.4) is 0 Å². The lowest BCUT2D eigenvalue weighted by atomic mass is 9.97. The lowest BCUT2D eigenvalue weighted by Gasteiger charge is -2.20. The Balaban J connectivity index is 1.67. The first-order chi connectivity index (χ1) is 8.79. The van der Waals surface area contributed by atoms with Crippen LogP contribution in [0.4, 0.5) is 0 Å². The van der Waals surface area contributed by atoms with Gasteiger partial charge in [0.1, 0.15) is 0 Å². The Morgan fingerprint density at radius 1 is 1.33 bits per heavy atom. The molecule has 0 amide bonds. The molecule has 0 spiro atoms. The Kier molecular flexibility index (Phi) is 3.63. The fourth-order valence-corrected chi connectivity index (χ4v) is 4.21. The molecule has 0 aliphatic heterocycles. The minimum Gasteiger partial charge on any atom is -0.314 e. The summed E-state index contributed by atoms with van der Waals surface area (Å²) >= 11 is 6.08. The molecule has 2 aliphatic rings. The van der Waals surface area contributed by atoms with E-state index in [1.54, 1.807) is 0 Å². The lowest BCUT2D eigenvalue weighted by Crippen LogP contribution is -2.34. The van der Waals surface area contributed by atoms with Crippen LogP contribution in [-0.4, -0.2) is 12.6 Å². The molecule has 2 aliphatic carbocycles. The van der Waals surface area contributed by atoms with Crippen molar-refractivity contribution in [3.8, 4) is 0 Å². The second kappa shape index (κ2) is 5.22. The summed E-state index contributed by atoms with van der Waals surface area (Å²) in [5.74, 6) is 2.97. The average molecular weight is 264 g/mol. The smallest absolute Gasteiger partial charge is 0.0408 e. The molecule has 1 aromatic carbocycles. The van der Waals surface area contributed by atoms with Crippen molar-refractivity contribution in [2.24, 2.45) is 17.8 Å².